The Labute approximate surface area is 152 Å². The van der Waals surface area contributed by atoms with Crippen molar-refractivity contribution in [1.29, 1.82) is 0 Å². The van der Waals surface area contributed by atoms with Gasteiger partial charge >= 0.3 is 0 Å². The summed E-state index contributed by atoms with van der Waals surface area (Å²) in [6.45, 7) is 0.377. The first-order valence-electron chi connectivity index (χ1n) is 8.09. The molecule has 0 N–H and O–H groups in total. The summed E-state index contributed by atoms with van der Waals surface area (Å²) < 4.78 is 16.9. The molecule has 2 aromatic heterocycles. The van der Waals surface area contributed by atoms with Crippen LogP contribution in [0.15, 0.2) is 41.6 Å². The van der Waals surface area contributed by atoms with E-state index in [1.165, 1.54) is 39.6 Å². The van der Waals surface area contributed by atoms with Gasteiger partial charge in [-0.3, -0.25) is 18.8 Å². The molecule has 0 aliphatic carbocycles. The highest BCUT2D eigenvalue weighted by molar-refractivity contribution is 7.99. The van der Waals surface area contributed by atoms with Gasteiger partial charge in [-0.15, -0.1) is 11.8 Å². The van der Waals surface area contributed by atoms with E-state index in [9.17, 15) is 14.0 Å². The van der Waals surface area contributed by atoms with Crippen molar-refractivity contribution in [2.45, 2.75) is 11.9 Å². The quantitative estimate of drug-likeness (QED) is 0.696. The molecular formula is C17H16FN5O2S. The van der Waals surface area contributed by atoms with E-state index in [1.807, 2.05) is 0 Å². The molecule has 1 aromatic carbocycles. The van der Waals surface area contributed by atoms with Crippen molar-refractivity contribution in [1.82, 2.24) is 24.2 Å². The summed E-state index contributed by atoms with van der Waals surface area (Å²) in [5.74, 6) is 0.148. The highest BCUT2D eigenvalue weighted by atomic mass is 32.2. The largest absolute Gasteiger partial charge is 0.324 e. The van der Waals surface area contributed by atoms with Gasteiger partial charge < -0.3 is 4.90 Å². The summed E-state index contributed by atoms with van der Waals surface area (Å²) in [5, 5.41) is 4.00. The van der Waals surface area contributed by atoms with Crippen LogP contribution in [0.5, 0.6) is 0 Å². The SMILES string of the molecule is Cn1ncc2c(=O)n(CC(=O)N3CCSC3c3ccccc3F)cnc21. The fourth-order valence-electron chi connectivity index (χ4n) is 3.07. The fourth-order valence-corrected chi connectivity index (χ4v) is 4.37. The fraction of sp³-hybridized carbons (Fsp3) is 0.294. The maximum atomic E-state index is 14.1. The molecule has 0 spiro atoms. The number of aromatic nitrogens is 4. The third-order valence-corrected chi connectivity index (χ3v) is 5.65. The molecule has 1 aliphatic heterocycles. The minimum Gasteiger partial charge on any atom is -0.324 e. The maximum absolute atomic E-state index is 14.1. The predicted octanol–water partition coefficient (Wildman–Crippen LogP) is 1.54. The molecule has 1 aliphatic rings. The summed E-state index contributed by atoms with van der Waals surface area (Å²) in [5.41, 5.74) is 0.641. The Morgan fingerprint density at radius 3 is 3.00 bits per heavy atom. The van der Waals surface area contributed by atoms with E-state index in [0.717, 1.165) is 5.75 Å². The number of rotatable bonds is 3. The molecule has 134 valence electrons. The zero-order valence-corrected chi connectivity index (χ0v) is 14.8. The van der Waals surface area contributed by atoms with Gasteiger partial charge in [0, 0.05) is 24.9 Å². The monoisotopic (exact) mass is 373 g/mol. The summed E-state index contributed by atoms with van der Waals surface area (Å²) in [7, 11) is 1.70. The van der Waals surface area contributed by atoms with Crippen molar-refractivity contribution in [3.05, 3.63) is 58.5 Å². The maximum Gasteiger partial charge on any atom is 0.264 e. The van der Waals surface area contributed by atoms with E-state index in [1.54, 1.807) is 30.1 Å². The molecule has 1 fully saturated rings. The number of amides is 1. The van der Waals surface area contributed by atoms with Crippen LogP contribution in [-0.2, 0) is 18.4 Å². The predicted molar refractivity (Wildman–Crippen MR) is 96.1 cm³/mol. The second kappa shape index (κ2) is 6.56. The minimum absolute atomic E-state index is 0.137. The summed E-state index contributed by atoms with van der Waals surface area (Å²) >= 11 is 1.52. The molecule has 0 radical (unpaired) electrons. The van der Waals surface area contributed by atoms with Crippen LogP contribution in [0.1, 0.15) is 10.9 Å². The third-order valence-electron chi connectivity index (χ3n) is 4.41. The Balaban J connectivity index is 1.61. The van der Waals surface area contributed by atoms with Gasteiger partial charge in [-0.1, -0.05) is 18.2 Å². The van der Waals surface area contributed by atoms with Gasteiger partial charge in [0.2, 0.25) is 5.91 Å². The van der Waals surface area contributed by atoms with E-state index >= 15 is 0 Å². The number of hydrogen-bond donors (Lipinski definition) is 0. The molecule has 3 aromatic rings. The number of fused-ring (bicyclic) bond motifs is 1. The molecule has 7 nitrogen and oxygen atoms in total. The molecule has 0 saturated carbocycles. The van der Waals surface area contributed by atoms with Crippen molar-refractivity contribution >= 4 is 28.7 Å². The van der Waals surface area contributed by atoms with Gasteiger partial charge in [0.1, 0.15) is 29.4 Å². The van der Waals surface area contributed by atoms with Crippen LogP contribution in [0.3, 0.4) is 0 Å². The van der Waals surface area contributed by atoms with Gasteiger partial charge in [-0.05, 0) is 6.07 Å². The molecule has 1 amide bonds. The normalized spacial score (nSPS) is 17.2. The molecule has 9 heteroatoms. The molecule has 1 saturated heterocycles. The van der Waals surface area contributed by atoms with Crippen LogP contribution in [0.25, 0.3) is 11.0 Å². The average molecular weight is 373 g/mol. The van der Waals surface area contributed by atoms with Crippen LogP contribution in [0, 0.1) is 5.82 Å². The van der Waals surface area contributed by atoms with Gasteiger partial charge in [-0.2, -0.15) is 5.10 Å². The number of aryl methyl sites for hydroxylation is 1. The van der Waals surface area contributed by atoms with Crippen molar-refractivity contribution < 1.29 is 9.18 Å². The van der Waals surface area contributed by atoms with Crippen molar-refractivity contribution in [3.8, 4) is 0 Å². The molecule has 3 heterocycles. The van der Waals surface area contributed by atoms with E-state index in [0.29, 0.717) is 23.1 Å². The highest BCUT2D eigenvalue weighted by Crippen LogP contribution is 2.38. The van der Waals surface area contributed by atoms with Gasteiger partial charge in [-0.25, -0.2) is 9.37 Å². The molecule has 0 bridgehead atoms. The van der Waals surface area contributed by atoms with Gasteiger partial charge in [0.25, 0.3) is 5.56 Å². The number of carbonyl (C=O) groups is 1. The van der Waals surface area contributed by atoms with E-state index in [2.05, 4.69) is 10.1 Å². The zero-order chi connectivity index (χ0) is 18.3. The summed E-state index contributed by atoms with van der Waals surface area (Å²) in [6, 6.07) is 6.46. The lowest BCUT2D eigenvalue weighted by atomic mass is 10.2. The number of thioether (sulfide) groups is 1. The Morgan fingerprint density at radius 2 is 2.19 bits per heavy atom. The number of halogens is 1. The molecular weight excluding hydrogens is 357 g/mol. The average Bonchev–Trinajstić information content (AvgIpc) is 3.25. The Kier molecular flexibility index (Phi) is 4.23. The Bertz CT molecular complexity index is 1050. The Hall–Kier alpha value is -2.68. The van der Waals surface area contributed by atoms with Crippen LogP contribution < -0.4 is 5.56 Å². The highest BCUT2D eigenvalue weighted by Gasteiger charge is 2.32. The van der Waals surface area contributed by atoms with Gasteiger partial charge in [0.15, 0.2) is 5.65 Å². The summed E-state index contributed by atoms with van der Waals surface area (Å²) in [4.78, 5) is 31.1. The third kappa shape index (κ3) is 2.78. The number of benzene rings is 1. The molecule has 4 rings (SSSR count). The Morgan fingerprint density at radius 1 is 1.38 bits per heavy atom. The van der Waals surface area contributed by atoms with Crippen LogP contribution in [-0.4, -0.2) is 42.4 Å². The molecule has 1 atom stereocenters. The first kappa shape index (κ1) is 16.8. The van der Waals surface area contributed by atoms with E-state index in [-0.39, 0.29) is 29.2 Å². The van der Waals surface area contributed by atoms with E-state index < -0.39 is 0 Å². The molecule has 26 heavy (non-hydrogen) atoms. The lowest BCUT2D eigenvalue weighted by molar-refractivity contribution is -0.132. The van der Waals surface area contributed by atoms with Crippen molar-refractivity contribution in [2.75, 3.05) is 12.3 Å². The van der Waals surface area contributed by atoms with Crippen molar-refractivity contribution in [2.24, 2.45) is 7.05 Å². The minimum atomic E-state index is -0.380. The second-order valence-electron chi connectivity index (χ2n) is 6.01. The van der Waals surface area contributed by atoms with Crippen LogP contribution >= 0.6 is 11.8 Å². The topological polar surface area (TPSA) is 73.0 Å². The number of nitrogens with zero attached hydrogens (tertiary/aromatic N) is 5. The van der Waals surface area contributed by atoms with Crippen LogP contribution in [0.4, 0.5) is 4.39 Å². The number of carbonyl (C=O) groups excluding carboxylic acids is 1. The second-order valence-corrected chi connectivity index (χ2v) is 7.20. The standard InChI is InChI=1S/C17H16FN5O2S/c1-21-15-12(8-20-21)16(25)22(10-19-15)9-14(24)23-6-7-26-17(23)11-4-2-3-5-13(11)18/h2-5,8,10,17H,6-7,9H2,1H3. The number of hydrogen-bond acceptors (Lipinski definition) is 5. The summed E-state index contributed by atoms with van der Waals surface area (Å²) in [6.07, 6.45) is 2.80. The van der Waals surface area contributed by atoms with Crippen molar-refractivity contribution in [3.63, 3.8) is 0 Å². The first-order chi connectivity index (χ1) is 12.6. The first-order valence-corrected chi connectivity index (χ1v) is 9.14. The molecule has 1 unspecified atom stereocenters. The van der Waals surface area contributed by atoms with Crippen LogP contribution in [0.2, 0.25) is 0 Å². The lowest BCUT2D eigenvalue weighted by Crippen LogP contribution is -2.36. The zero-order valence-electron chi connectivity index (χ0n) is 14.0. The smallest absolute Gasteiger partial charge is 0.264 e. The lowest BCUT2D eigenvalue weighted by Gasteiger charge is -2.24. The van der Waals surface area contributed by atoms with Gasteiger partial charge in [0.05, 0.1) is 6.20 Å². The van der Waals surface area contributed by atoms with E-state index in [4.69, 9.17) is 0 Å².